The van der Waals surface area contributed by atoms with Crippen LogP contribution in [-0.2, 0) is 15.0 Å². The van der Waals surface area contributed by atoms with E-state index in [1.165, 1.54) is 0 Å². The lowest BCUT2D eigenvalue weighted by Gasteiger charge is -2.40. The van der Waals surface area contributed by atoms with Gasteiger partial charge in [-0.1, -0.05) is 44.0 Å². The van der Waals surface area contributed by atoms with Gasteiger partial charge in [0.05, 0.1) is 12.0 Å². The molecule has 0 atom stereocenters. The van der Waals surface area contributed by atoms with E-state index in [0.29, 0.717) is 17.5 Å². The third kappa shape index (κ3) is 3.10. The monoisotopic (exact) mass is 281 g/mol. The molecule has 104 valence electrons. The molecule has 2 rings (SSSR count). The van der Waals surface area contributed by atoms with Crippen molar-refractivity contribution in [3.63, 3.8) is 0 Å². The van der Waals surface area contributed by atoms with E-state index in [1.807, 2.05) is 38.1 Å². The minimum atomic E-state index is -0.456. The van der Waals surface area contributed by atoms with Crippen molar-refractivity contribution in [3.8, 4) is 0 Å². The van der Waals surface area contributed by atoms with E-state index >= 15 is 0 Å². The molecule has 0 spiro atoms. The molecule has 0 bridgehead atoms. The van der Waals surface area contributed by atoms with Crippen LogP contribution in [0.4, 0.5) is 0 Å². The van der Waals surface area contributed by atoms with Crippen LogP contribution in [-0.4, -0.2) is 12.5 Å². The van der Waals surface area contributed by atoms with E-state index in [4.69, 9.17) is 16.4 Å². The smallest absolute Gasteiger partial charge is 0.254 e. The minimum Gasteiger partial charge on any atom is -0.273 e. The lowest BCUT2D eigenvalue weighted by atomic mass is 9.64. The molecule has 0 unspecified atom stereocenters. The van der Waals surface area contributed by atoms with Gasteiger partial charge in [0.1, 0.15) is 0 Å². The number of halogens is 1. The maximum absolute atomic E-state index is 12.4. The third-order valence-corrected chi connectivity index (χ3v) is 3.84. The third-order valence-electron chi connectivity index (χ3n) is 3.60. The zero-order chi connectivity index (χ0) is 13.9. The Morgan fingerprint density at radius 2 is 2.21 bits per heavy atom. The molecule has 1 aromatic carbocycles. The van der Waals surface area contributed by atoms with Gasteiger partial charge < -0.3 is 0 Å². The number of nitrogens with one attached hydrogen (secondary N) is 1. The van der Waals surface area contributed by atoms with Crippen molar-refractivity contribution in [2.24, 2.45) is 5.92 Å². The first kappa shape index (κ1) is 14.4. The van der Waals surface area contributed by atoms with Crippen LogP contribution in [0.1, 0.15) is 38.7 Å². The number of rotatable bonds is 5. The van der Waals surface area contributed by atoms with Gasteiger partial charge in [-0.3, -0.25) is 9.63 Å². The van der Waals surface area contributed by atoms with E-state index in [2.05, 4.69) is 5.48 Å². The van der Waals surface area contributed by atoms with Crippen molar-refractivity contribution in [1.29, 1.82) is 0 Å². The highest BCUT2D eigenvalue weighted by atomic mass is 35.5. The molecule has 1 aromatic rings. The second-order valence-electron chi connectivity index (χ2n) is 5.58. The number of carbonyl (C=O) groups excluding carboxylic acids is 1. The van der Waals surface area contributed by atoms with Crippen LogP contribution in [0.25, 0.3) is 0 Å². The maximum Gasteiger partial charge on any atom is 0.254 e. The van der Waals surface area contributed by atoms with Gasteiger partial charge in [-0.05, 0) is 36.5 Å². The number of amides is 1. The number of hydrogen-bond acceptors (Lipinski definition) is 2. The molecule has 19 heavy (non-hydrogen) atoms. The quantitative estimate of drug-likeness (QED) is 0.840. The predicted octanol–water partition coefficient (Wildman–Crippen LogP) is 3.47. The Balaban J connectivity index is 2.08. The Labute approximate surface area is 119 Å². The number of hydrogen-bond donors (Lipinski definition) is 1. The molecule has 3 nitrogen and oxygen atoms in total. The second-order valence-corrected chi connectivity index (χ2v) is 6.02. The van der Waals surface area contributed by atoms with Crippen molar-refractivity contribution < 1.29 is 9.63 Å². The van der Waals surface area contributed by atoms with Gasteiger partial charge in [0.15, 0.2) is 0 Å². The van der Waals surface area contributed by atoms with Crippen molar-refractivity contribution in [3.05, 3.63) is 34.9 Å². The Bertz CT molecular complexity index is 455. The number of benzene rings is 1. The summed E-state index contributed by atoms with van der Waals surface area (Å²) in [5, 5.41) is 0.666. The fourth-order valence-electron chi connectivity index (χ4n) is 2.33. The average molecular weight is 282 g/mol. The van der Waals surface area contributed by atoms with Crippen LogP contribution in [0.15, 0.2) is 24.3 Å². The molecular weight excluding hydrogens is 262 g/mol. The molecule has 1 fully saturated rings. The standard InChI is InChI=1S/C15H20ClNO2/c1-11(2)10-19-17-14(18)15(7-4-8-15)12-5-3-6-13(16)9-12/h3,5-6,9,11H,4,7-8,10H2,1-2H3,(H,17,18). The van der Waals surface area contributed by atoms with E-state index < -0.39 is 5.41 Å². The summed E-state index contributed by atoms with van der Waals surface area (Å²) in [5.74, 6) is 0.338. The first-order valence-electron chi connectivity index (χ1n) is 6.73. The topological polar surface area (TPSA) is 38.3 Å². The normalized spacial score (nSPS) is 17.1. The number of carbonyl (C=O) groups is 1. The Kier molecular flexibility index (Phi) is 4.48. The van der Waals surface area contributed by atoms with E-state index in [0.717, 1.165) is 24.8 Å². The summed E-state index contributed by atoms with van der Waals surface area (Å²) >= 11 is 6.02. The van der Waals surface area contributed by atoms with Crippen LogP contribution < -0.4 is 5.48 Å². The van der Waals surface area contributed by atoms with Crippen LogP contribution in [0.5, 0.6) is 0 Å². The van der Waals surface area contributed by atoms with Gasteiger partial charge in [-0.25, -0.2) is 5.48 Å². The molecule has 0 aliphatic heterocycles. The van der Waals surface area contributed by atoms with Gasteiger partial charge in [0.25, 0.3) is 5.91 Å². The molecule has 1 aliphatic rings. The molecule has 1 aliphatic carbocycles. The van der Waals surface area contributed by atoms with Crippen molar-refractivity contribution in [2.75, 3.05) is 6.61 Å². The Hall–Kier alpha value is -1.06. The van der Waals surface area contributed by atoms with Gasteiger partial charge in [0.2, 0.25) is 0 Å². The van der Waals surface area contributed by atoms with Gasteiger partial charge in [-0.15, -0.1) is 0 Å². The zero-order valence-corrected chi connectivity index (χ0v) is 12.2. The summed E-state index contributed by atoms with van der Waals surface area (Å²) in [6.45, 7) is 4.61. The highest BCUT2D eigenvalue weighted by Crippen LogP contribution is 2.44. The fourth-order valence-corrected chi connectivity index (χ4v) is 2.53. The van der Waals surface area contributed by atoms with Gasteiger partial charge in [0, 0.05) is 5.02 Å². The summed E-state index contributed by atoms with van der Waals surface area (Å²) in [6.07, 6.45) is 2.76. The zero-order valence-electron chi connectivity index (χ0n) is 11.4. The highest BCUT2D eigenvalue weighted by Gasteiger charge is 2.45. The molecule has 1 amide bonds. The molecule has 1 saturated carbocycles. The van der Waals surface area contributed by atoms with Crippen molar-refractivity contribution in [2.45, 2.75) is 38.5 Å². The summed E-state index contributed by atoms with van der Waals surface area (Å²) in [7, 11) is 0. The second kappa shape index (κ2) is 5.93. The molecular formula is C15H20ClNO2. The highest BCUT2D eigenvalue weighted by molar-refractivity contribution is 6.30. The minimum absolute atomic E-state index is 0.0540. The van der Waals surface area contributed by atoms with E-state index in [-0.39, 0.29) is 5.91 Å². The average Bonchev–Trinajstić information content (AvgIpc) is 2.27. The first-order valence-corrected chi connectivity index (χ1v) is 7.11. The van der Waals surface area contributed by atoms with E-state index in [1.54, 1.807) is 0 Å². The lowest BCUT2D eigenvalue weighted by molar-refractivity contribution is -0.143. The lowest BCUT2D eigenvalue weighted by Crippen LogP contribution is -2.49. The Morgan fingerprint density at radius 3 is 2.74 bits per heavy atom. The molecule has 1 N–H and O–H groups in total. The fraction of sp³-hybridized carbons (Fsp3) is 0.533. The Morgan fingerprint density at radius 1 is 1.47 bits per heavy atom. The summed E-state index contributed by atoms with van der Waals surface area (Å²) in [4.78, 5) is 17.6. The number of hydroxylamine groups is 1. The molecule has 0 radical (unpaired) electrons. The molecule has 0 aromatic heterocycles. The van der Waals surface area contributed by atoms with E-state index in [9.17, 15) is 4.79 Å². The van der Waals surface area contributed by atoms with Crippen LogP contribution in [0.2, 0.25) is 5.02 Å². The van der Waals surface area contributed by atoms with Crippen molar-refractivity contribution >= 4 is 17.5 Å². The van der Waals surface area contributed by atoms with Gasteiger partial charge in [-0.2, -0.15) is 0 Å². The van der Waals surface area contributed by atoms with Gasteiger partial charge >= 0.3 is 0 Å². The van der Waals surface area contributed by atoms with Crippen molar-refractivity contribution in [1.82, 2.24) is 5.48 Å². The van der Waals surface area contributed by atoms with Crippen LogP contribution >= 0.6 is 11.6 Å². The SMILES string of the molecule is CC(C)CONC(=O)C1(c2cccc(Cl)c2)CCC1. The summed E-state index contributed by atoms with van der Waals surface area (Å²) in [6, 6.07) is 7.56. The summed E-state index contributed by atoms with van der Waals surface area (Å²) < 4.78 is 0. The summed E-state index contributed by atoms with van der Waals surface area (Å²) in [5.41, 5.74) is 3.12. The molecule has 0 saturated heterocycles. The molecule has 4 heteroatoms. The first-order chi connectivity index (χ1) is 9.04. The van der Waals surface area contributed by atoms with Crippen LogP contribution in [0.3, 0.4) is 0 Å². The maximum atomic E-state index is 12.4. The van der Waals surface area contributed by atoms with Crippen LogP contribution in [0, 0.1) is 5.92 Å². The largest absolute Gasteiger partial charge is 0.273 e. The predicted molar refractivity (Wildman–Crippen MR) is 75.9 cm³/mol. The molecule has 0 heterocycles.